The van der Waals surface area contributed by atoms with Crippen LogP contribution in [0.2, 0.25) is 0 Å². The second-order valence-electron chi connectivity index (χ2n) is 5.26. The van der Waals surface area contributed by atoms with Gasteiger partial charge in [0.25, 0.3) is 0 Å². The van der Waals surface area contributed by atoms with Crippen molar-refractivity contribution in [1.82, 2.24) is 0 Å². The molecule has 0 aliphatic heterocycles. The first kappa shape index (κ1) is 16.7. The Balaban J connectivity index is 1.96. The van der Waals surface area contributed by atoms with Crippen molar-refractivity contribution in [3.05, 3.63) is 64.7 Å². The summed E-state index contributed by atoms with van der Waals surface area (Å²) in [5, 5.41) is 0. The molecule has 0 bridgehead atoms. The van der Waals surface area contributed by atoms with E-state index in [4.69, 9.17) is 9.47 Å². The third kappa shape index (κ3) is 4.42. The highest BCUT2D eigenvalue weighted by Gasteiger charge is 2.09. The molecule has 4 heteroatoms. The minimum absolute atomic E-state index is 0.0404. The molecule has 2 rings (SSSR count). The van der Waals surface area contributed by atoms with Crippen molar-refractivity contribution in [2.45, 2.75) is 20.8 Å². The number of hydrogen-bond acceptors (Lipinski definition) is 4. The van der Waals surface area contributed by atoms with E-state index in [1.54, 1.807) is 37.3 Å². The second-order valence-corrected chi connectivity index (χ2v) is 5.26. The van der Waals surface area contributed by atoms with Crippen LogP contribution in [0.1, 0.15) is 38.8 Å². The first-order valence-corrected chi connectivity index (χ1v) is 7.51. The van der Waals surface area contributed by atoms with Gasteiger partial charge in [0, 0.05) is 5.56 Å². The molecule has 0 aliphatic carbocycles. The maximum Gasteiger partial charge on any atom is 0.338 e. The SMILES string of the molecule is CCOC(=O)c1ccc(OCC(=O)c2ccc(C)c(C)c2)cc1. The number of ether oxygens (including phenoxy) is 2. The number of esters is 1. The van der Waals surface area contributed by atoms with E-state index in [-0.39, 0.29) is 18.4 Å². The monoisotopic (exact) mass is 312 g/mol. The Morgan fingerprint density at radius 3 is 2.17 bits per heavy atom. The summed E-state index contributed by atoms with van der Waals surface area (Å²) in [6.07, 6.45) is 0. The van der Waals surface area contributed by atoms with E-state index < -0.39 is 0 Å². The van der Waals surface area contributed by atoms with Crippen LogP contribution in [-0.2, 0) is 4.74 Å². The molecule has 0 heterocycles. The van der Waals surface area contributed by atoms with Gasteiger partial charge in [-0.2, -0.15) is 0 Å². The molecule has 2 aromatic rings. The summed E-state index contributed by atoms with van der Waals surface area (Å²) in [5.41, 5.74) is 3.32. The summed E-state index contributed by atoms with van der Waals surface area (Å²) in [6, 6.07) is 12.1. The van der Waals surface area contributed by atoms with E-state index in [9.17, 15) is 9.59 Å². The smallest absolute Gasteiger partial charge is 0.338 e. The average Bonchev–Trinajstić information content (AvgIpc) is 2.56. The number of benzene rings is 2. The van der Waals surface area contributed by atoms with E-state index in [1.165, 1.54) is 0 Å². The summed E-state index contributed by atoms with van der Waals surface area (Å²) in [6.45, 7) is 6.03. The highest BCUT2D eigenvalue weighted by atomic mass is 16.5. The average molecular weight is 312 g/mol. The van der Waals surface area contributed by atoms with Crippen molar-refractivity contribution in [1.29, 1.82) is 0 Å². The molecule has 0 amide bonds. The minimum atomic E-state index is -0.370. The van der Waals surface area contributed by atoms with E-state index >= 15 is 0 Å². The summed E-state index contributed by atoms with van der Waals surface area (Å²) >= 11 is 0. The highest BCUT2D eigenvalue weighted by molar-refractivity contribution is 5.97. The lowest BCUT2D eigenvalue weighted by Crippen LogP contribution is -2.12. The van der Waals surface area contributed by atoms with Crippen molar-refractivity contribution in [2.24, 2.45) is 0 Å². The number of hydrogen-bond donors (Lipinski definition) is 0. The molecule has 4 nitrogen and oxygen atoms in total. The van der Waals surface area contributed by atoms with Crippen LogP contribution in [0.15, 0.2) is 42.5 Å². The van der Waals surface area contributed by atoms with Crippen LogP contribution in [0.25, 0.3) is 0 Å². The summed E-state index contributed by atoms with van der Waals surface area (Å²) < 4.78 is 10.4. The Bertz CT molecular complexity index is 702. The van der Waals surface area contributed by atoms with Gasteiger partial charge in [0.15, 0.2) is 12.4 Å². The maximum atomic E-state index is 12.1. The predicted octanol–water partition coefficient (Wildman–Crippen LogP) is 3.74. The van der Waals surface area contributed by atoms with Gasteiger partial charge in [-0.15, -0.1) is 0 Å². The molecule has 0 saturated heterocycles. The van der Waals surface area contributed by atoms with Gasteiger partial charge in [-0.25, -0.2) is 4.79 Å². The quantitative estimate of drug-likeness (QED) is 0.602. The third-order valence-corrected chi connectivity index (χ3v) is 3.56. The van der Waals surface area contributed by atoms with Crippen LogP contribution in [0.3, 0.4) is 0 Å². The summed E-state index contributed by atoms with van der Waals surface area (Å²) in [7, 11) is 0. The molecule has 0 saturated carbocycles. The van der Waals surface area contributed by atoms with E-state index in [1.807, 2.05) is 26.0 Å². The fraction of sp³-hybridized carbons (Fsp3) is 0.263. The Morgan fingerprint density at radius 1 is 0.913 bits per heavy atom. The van der Waals surface area contributed by atoms with Gasteiger partial charge in [-0.05, 0) is 62.2 Å². The van der Waals surface area contributed by atoms with Gasteiger partial charge >= 0.3 is 5.97 Å². The van der Waals surface area contributed by atoms with Crippen molar-refractivity contribution < 1.29 is 19.1 Å². The molecule has 0 unspecified atom stereocenters. The Kier molecular flexibility index (Phi) is 5.52. The first-order valence-electron chi connectivity index (χ1n) is 7.51. The van der Waals surface area contributed by atoms with E-state index in [0.29, 0.717) is 23.5 Å². The molecule has 0 radical (unpaired) electrons. The predicted molar refractivity (Wildman–Crippen MR) is 88.1 cm³/mol. The molecule has 0 N–H and O–H groups in total. The van der Waals surface area contributed by atoms with Gasteiger partial charge in [0.2, 0.25) is 0 Å². The van der Waals surface area contributed by atoms with Crippen molar-refractivity contribution in [3.8, 4) is 5.75 Å². The normalized spacial score (nSPS) is 10.2. The standard InChI is InChI=1S/C19H20O4/c1-4-22-19(21)15-7-9-17(10-8-15)23-12-18(20)16-6-5-13(2)14(3)11-16/h5-11H,4,12H2,1-3H3. The Labute approximate surface area is 136 Å². The molecule has 0 spiro atoms. The van der Waals surface area contributed by atoms with E-state index in [2.05, 4.69) is 0 Å². The topological polar surface area (TPSA) is 52.6 Å². The Hall–Kier alpha value is -2.62. The molecule has 2 aromatic carbocycles. The second kappa shape index (κ2) is 7.58. The molecule has 0 fully saturated rings. The number of aryl methyl sites for hydroxylation is 2. The van der Waals surface area contributed by atoms with Crippen LogP contribution in [0.5, 0.6) is 5.75 Å². The van der Waals surface area contributed by atoms with Gasteiger partial charge in [-0.1, -0.05) is 12.1 Å². The number of ketones is 1. The highest BCUT2D eigenvalue weighted by Crippen LogP contribution is 2.15. The molecule has 23 heavy (non-hydrogen) atoms. The van der Waals surface area contributed by atoms with Crippen molar-refractivity contribution in [3.63, 3.8) is 0 Å². The van der Waals surface area contributed by atoms with Gasteiger partial charge in [0.05, 0.1) is 12.2 Å². The minimum Gasteiger partial charge on any atom is -0.485 e. The van der Waals surface area contributed by atoms with Crippen LogP contribution < -0.4 is 4.74 Å². The van der Waals surface area contributed by atoms with Crippen LogP contribution in [-0.4, -0.2) is 25.0 Å². The number of rotatable bonds is 6. The zero-order valence-electron chi connectivity index (χ0n) is 13.6. The lowest BCUT2D eigenvalue weighted by atomic mass is 10.0. The number of carbonyl (C=O) groups is 2. The van der Waals surface area contributed by atoms with Gasteiger partial charge in [-0.3, -0.25) is 4.79 Å². The maximum absolute atomic E-state index is 12.1. The number of Topliss-reactive ketones (excluding diaryl/α,β-unsaturated/α-hetero) is 1. The lowest BCUT2D eigenvalue weighted by Gasteiger charge is -2.08. The van der Waals surface area contributed by atoms with Crippen LogP contribution in [0.4, 0.5) is 0 Å². The molecule has 0 atom stereocenters. The molecular formula is C19H20O4. The third-order valence-electron chi connectivity index (χ3n) is 3.56. The molecule has 0 aliphatic rings. The van der Waals surface area contributed by atoms with Crippen molar-refractivity contribution >= 4 is 11.8 Å². The van der Waals surface area contributed by atoms with Crippen molar-refractivity contribution in [2.75, 3.05) is 13.2 Å². The number of carbonyl (C=O) groups excluding carboxylic acids is 2. The fourth-order valence-corrected chi connectivity index (χ4v) is 2.05. The first-order chi connectivity index (χ1) is 11.0. The lowest BCUT2D eigenvalue weighted by molar-refractivity contribution is 0.0526. The Morgan fingerprint density at radius 2 is 1.57 bits per heavy atom. The fourth-order valence-electron chi connectivity index (χ4n) is 2.05. The molecule has 120 valence electrons. The van der Waals surface area contributed by atoms with E-state index in [0.717, 1.165) is 11.1 Å². The molecule has 0 aromatic heterocycles. The molecular weight excluding hydrogens is 292 g/mol. The van der Waals surface area contributed by atoms with Gasteiger partial charge in [0.1, 0.15) is 5.75 Å². The van der Waals surface area contributed by atoms with Crippen LogP contribution >= 0.6 is 0 Å². The summed E-state index contributed by atoms with van der Waals surface area (Å²) in [5.74, 6) is 0.0862. The zero-order chi connectivity index (χ0) is 16.8. The van der Waals surface area contributed by atoms with Crippen LogP contribution in [0, 0.1) is 13.8 Å². The largest absolute Gasteiger partial charge is 0.485 e. The van der Waals surface area contributed by atoms with Gasteiger partial charge < -0.3 is 9.47 Å². The summed E-state index contributed by atoms with van der Waals surface area (Å²) in [4.78, 5) is 23.7. The zero-order valence-corrected chi connectivity index (χ0v) is 13.6.